The monoisotopic (exact) mass is 331 g/mol. The van der Waals surface area contributed by atoms with Crippen molar-refractivity contribution in [2.75, 3.05) is 0 Å². The van der Waals surface area contributed by atoms with Gasteiger partial charge in [-0.2, -0.15) is 0 Å². The number of hydrogen-bond donors (Lipinski definition) is 0. The molecule has 1 unspecified atom stereocenters. The molecule has 0 spiro atoms. The predicted molar refractivity (Wildman–Crippen MR) is 62.1 cm³/mol. The van der Waals surface area contributed by atoms with Gasteiger partial charge >= 0.3 is 101 Å². The molecule has 1 nitrogen and oxygen atoms in total. The standard InChI is InChI=1S/C9H14N.3ClH.Zr/c1-2-3-4-6-9-7-5-8-10-9;;;;/h5,7-8H,2-4,6H2,1H3;3*1H;/q;;;;+3/p-3. The fourth-order valence-corrected chi connectivity index (χ4v) is 7.56. The average molecular weight is 334 g/mol. The number of halogens is 3. The number of unbranched alkanes of at least 4 members (excludes halogenated alkanes) is 2. The van der Waals surface area contributed by atoms with Crippen molar-refractivity contribution >= 4 is 31.8 Å². The van der Waals surface area contributed by atoms with Crippen molar-refractivity contribution in [2.45, 2.75) is 35.9 Å². The number of hydrogen-bond acceptors (Lipinski definition) is 1. The van der Waals surface area contributed by atoms with Crippen LogP contribution in [0, 0.1) is 0 Å². The van der Waals surface area contributed by atoms with Crippen LogP contribution in [0.15, 0.2) is 17.1 Å². The molecule has 1 aliphatic rings. The number of rotatable bonds is 5. The molecule has 0 N–H and O–H groups in total. The molecule has 0 radical (unpaired) electrons. The summed E-state index contributed by atoms with van der Waals surface area (Å²) in [7, 11) is 18.5. The van der Waals surface area contributed by atoms with Crippen LogP contribution in [0.5, 0.6) is 0 Å². The molecule has 5 heteroatoms. The summed E-state index contributed by atoms with van der Waals surface area (Å²) in [6.45, 7) is 2.17. The van der Waals surface area contributed by atoms with Gasteiger partial charge in [-0.3, -0.25) is 0 Å². The second kappa shape index (κ2) is 5.48. The van der Waals surface area contributed by atoms with E-state index in [4.69, 9.17) is 25.5 Å². The Balaban J connectivity index is 2.65. The van der Waals surface area contributed by atoms with E-state index in [2.05, 4.69) is 11.9 Å². The van der Waals surface area contributed by atoms with Crippen LogP contribution in [0.3, 0.4) is 0 Å². The first kappa shape index (κ1) is 13.2. The third-order valence-electron chi connectivity index (χ3n) is 2.42. The summed E-state index contributed by atoms with van der Waals surface area (Å²) >= 11 is -3.53. The Morgan fingerprint density at radius 2 is 2.00 bits per heavy atom. The predicted octanol–water partition coefficient (Wildman–Crippen LogP) is 4.52. The molecule has 1 atom stereocenters. The first-order valence-corrected chi connectivity index (χ1v) is 15.5. The molecule has 0 fully saturated rings. The van der Waals surface area contributed by atoms with Crippen LogP contribution in [-0.2, 0) is 16.7 Å². The van der Waals surface area contributed by atoms with Gasteiger partial charge in [0.2, 0.25) is 0 Å². The summed E-state index contributed by atoms with van der Waals surface area (Å²) in [5.41, 5.74) is 0. The van der Waals surface area contributed by atoms with E-state index in [1.54, 1.807) is 6.21 Å². The Labute approximate surface area is 101 Å². The van der Waals surface area contributed by atoms with Gasteiger partial charge in [0, 0.05) is 0 Å². The summed E-state index contributed by atoms with van der Waals surface area (Å²) in [6, 6.07) is 0. The van der Waals surface area contributed by atoms with Gasteiger partial charge in [0.25, 0.3) is 0 Å². The molecule has 0 aromatic rings. The first-order valence-electron chi connectivity index (χ1n) is 4.81. The van der Waals surface area contributed by atoms with Gasteiger partial charge in [-0.1, -0.05) is 0 Å². The zero-order chi connectivity index (χ0) is 10.7. The Morgan fingerprint density at radius 3 is 2.43 bits per heavy atom. The van der Waals surface area contributed by atoms with Crippen molar-refractivity contribution in [3.05, 3.63) is 12.2 Å². The molecule has 1 aliphatic heterocycles. The fraction of sp³-hybridized carbons (Fsp3) is 0.667. The molecule has 14 heavy (non-hydrogen) atoms. The Bertz CT molecular complexity index is 233. The van der Waals surface area contributed by atoms with E-state index < -0.39 is 19.9 Å². The third kappa shape index (κ3) is 3.08. The van der Waals surface area contributed by atoms with Crippen LogP contribution in [0.2, 0.25) is 0 Å². The van der Waals surface area contributed by atoms with E-state index in [1.807, 2.05) is 12.2 Å². The SMILES string of the molecule is CCCCC[C]1([Zr]([Cl])([Cl])[Cl])C=CC=N1. The molecule has 0 bridgehead atoms. The van der Waals surface area contributed by atoms with E-state index in [-0.39, 0.29) is 0 Å². The van der Waals surface area contributed by atoms with Gasteiger partial charge in [-0.05, 0) is 0 Å². The summed E-state index contributed by atoms with van der Waals surface area (Å²) in [5, 5.41) is 0. The summed E-state index contributed by atoms with van der Waals surface area (Å²) in [6.07, 6.45) is 9.96. The molecule has 0 aromatic carbocycles. The van der Waals surface area contributed by atoms with Gasteiger partial charge in [0.1, 0.15) is 0 Å². The molecule has 1 heterocycles. The Kier molecular flexibility index (Phi) is 5.18. The zero-order valence-electron chi connectivity index (χ0n) is 8.14. The Morgan fingerprint density at radius 1 is 1.29 bits per heavy atom. The molecule has 0 amide bonds. The van der Waals surface area contributed by atoms with E-state index in [1.165, 1.54) is 12.8 Å². The maximum atomic E-state index is 6.15. The van der Waals surface area contributed by atoms with E-state index in [0.29, 0.717) is 0 Å². The van der Waals surface area contributed by atoms with Crippen LogP contribution >= 0.6 is 25.5 Å². The zero-order valence-corrected chi connectivity index (χ0v) is 12.9. The van der Waals surface area contributed by atoms with Gasteiger partial charge in [0.15, 0.2) is 0 Å². The van der Waals surface area contributed by atoms with Crippen molar-refractivity contribution in [3.63, 3.8) is 0 Å². The van der Waals surface area contributed by atoms with Crippen LogP contribution in [-0.4, -0.2) is 9.46 Å². The van der Waals surface area contributed by atoms with Crippen molar-refractivity contribution in [3.8, 4) is 0 Å². The molecule has 0 saturated carbocycles. The number of aliphatic imine (C=N–C) groups is 1. The van der Waals surface area contributed by atoms with Gasteiger partial charge in [-0.15, -0.1) is 0 Å². The second-order valence-electron chi connectivity index (χ2n) is 3.52. The molecule has 1 rings (SSSR count). The molecule has 0 saturated heterocycles. The maximum absolute atomic E-state index is 6.15. The fourth-order valence-electron chi connectivity index (χ4n) is 1.52. The van der Waals surface area contributed by atoms with Crippen LogP contribution in [0.25, 0.3) is 0 Å². The molecular formula is C9H14Cl3NZr. The Hall–Kier alpha value is 1.16. The molecule has 0 aliphatic carbocycles. The molecule has 0 aromatic heterocycles. The van der Waals surface area contributed by atoms with Crippen molar-refractivity contribution in [2.24, 2.45) is 4.99 Å². The topological polar surface area (TPSA) is 12.4 Å². The quantitative estimate of drug-likeness (QED) is 0.656. The molecule has 80 valence electrons. The van der Waals surface area contributed by atoms with Crippen LogP contribution < -0.4 is 0 Å². The van der Waals surface area contributed by atoms with E-state index in [0.717, 1.165) is 12.8 Å². The van der Waals surface area contributed by atoms with E-state index >= 15 is 0 Å². The first-order chi connectivity index (χ1) is 6.52. The van der Waals surface area contributed by atoms with Crippen LogP contribution in [0.4, 0.5) is 0 Å². The third-order valence-corrected chi connectivity index (χ3v) is 12.0. The van der Waals surface area contributed by atoms with Crippen molar-refractivity contribution in [1.29, 1.82) is 0 Å². The van der Waals surface area contributed by atoms with Crippen molar-refractivity contribution in [1.82, 2.24) is 0 Å². The number of allylic oxidation sites excluding steroid dienone is 1. The van der Waals surface area contributed by atoms with Crippen molar-refractivity contribution < 1.29 is 16.7 Å². The van der Waals surface area contributed by atoms with Gasteiger partial charge in [0.05, 0.1) is 0 Å². The minimum atomic E-state index is -3.53. The van der Waals surface area contributed by atoms with Gasteiger partial charge in [-0.25, -0.2) is 0 Å². The van der Waals surface area contributed by atoms with Gasteiger partial charge < -0.3 is 0 Å². The normalized spacial score (nSPS) is 26.0. The van der Waals surface area contributed by atoms with E-state index in [9.17, 15) is 0 Å². The summed E-state index contributed by atoms with van der Waals surface area (Å²) in [4.78, 5) is 4.37. The number of nitrogens with zero attached hydrogens (tertiary/aromatic N) is 1. The van der Waals surface area contributed by atoms with Crippen LogP contribution in [0.1, 0.15) is 32.6 Å². The molecular weight excluding hydrogens is 320 g/mol. The second-order valence-corrected chi connectivity index (χ2v) is 21.6. The summed E-state index contributed by atoms with van der Waals surface area (Å²) < 4.78 is -0.422. The average Bonchev–Trinajstić information content (AvgIpc) is 2.53. The minimum absolute atomic E-state index is 0.422. The summed E-state index contributed by atoms with van der Waals surface area (Å²) in [5.74, 6) is 0.